The first-order valence-electron chi connectivity index (χ1n) is 11.9. The van der Waals surface area contributed by atoms with Crippen LogP contribution in [0.25, 0.3) is 16.5 Å². The van der Waals surface area contributed by atoms with Gasteiger partial charge in [0.15, 0.2) is 0 Å². The van der Waals surface area contributed by atoms with Crippen LogP contribution in [0.5, 0.6) is 0 Å². The second kappa shape index (κ2) is 8.76. The Hall–Kier alpha value is -3.39. The van der Waals surface area contributed by atoms with Gasteiger partial charge in [0.25, 0.3) is 11.9 Å². The van der Waals surface area contributed by atoms with Crippen LogP contribution in [0.3, 0.4) is 0 Å². The fraction of sp³-hybridized carbons (Fsp3) is 0.346. The van der Waals surface area contributed by atoms with Gasteiger partial charge in [0.05, 0.1) is 34.1 Å². The lowest BCUT2D eigenvalue weighted by molar-refractivity contribution is 0.0610. The van der Waals surface area contributed by atoms with Crippen molar-refractivity contribution >= 4 is 17.2 Å². The molecule has 1 aliphatic carbocycles. The highest BCUT2D eigenvalue weighted by atomic mass is 32.1. The van der Waals surface area contributed by atoms with Gasteiger partial charge in [0, 0.05) is 31.1 Å². The number of hydrogen-bond donors (Lipinski definition) is 0. The van der Waals surface area contributed by atoms with Gasteiger partial charge >= 0.3 is 0 Å². The zero-order valence-corrected chi connectivity index (χ0v) is 19.9. The van der Waals surface area contributed by atoms with E-state index in [0.717, 1.165) is 66.0 Å². The largest absolute Gasteiger partial charge is 0.331 e. The minimum Gasteiger partial charge on any atom is -0.331 e. The lowest BCUT2D eigenvalue weighted by Gasteiger charge is -2.36. The number of piperidine rings is 1. The zero-order valence-electron chi connectivity index (χ0n) is 19.1. The van der Waals surface area contributed by atoms with Gasteiger partial charge in [0.1, 0.15) is 0 Å². The quantitative estimate of drug-likeness (QED) is 0.394. The SMILES string of the molecule is Cc1cnc(-n2ncc(C(=O)N3CCCC[C@@H]3c3cccnc3)c2C2CC2)nc1-c1cccs1. The molecule has 1 saturated heterocycles. The Morgan fingerprint density at radius 1 is 1.09 bits per heavy atom. The lowest BCUT2D eigenvalue weighted by atomic mass is 9.95. The van der Waals surface area contributed by atoms with Crippen molar-refractivity contribution in [2.45, 2.75) is 51.0 Å². The van der Waals surface area contributed by atoms with Gasteiger partial charge in [-0.15, -0.1) is 11.3 Å². The predicted octanol–water partition coefficient (Wildman–Crippen LogP) is 5.34. The van der Waals surface area contributed by atoms with E-state index in [0.29, 0.717) is 17.4 Å². The molecule has 0 aromatic carbocycles. The number of pyridine rings is 1. The van der Waals surface area contributed by atoms with Crippen LogP contribution >= 0.6 is 11.3 Å². The maximum Gasteiger partial charge on any atom is 0.257 e. The molecule has 6 rings (SSSR count). The summed E-state index contributed by atoms with van der Waals surface area (Å²) >= 11 is 1.66. The number of aromatic nitrogens is 5. The van der Waals surface area contributed by atoms with Crippen LogP contribution in [0.2, 0.25) is 0 Å². The monoisotopic (exact) mass is 470 g/mol. The molecule has 0 N–H and O–H groups in total. The number of amides is 1. The van der Waals surface area contributed by atoms with Crippen molar-refractivity contribution in [3.63, 3.8) is 0 Å². The van der Waals surface area contributed by atoms with Gasteiger partial charge < -0.3 is 4.90 Å². The molecule has 172 valence electrons. The molecule has 2 aliphatic rings. The number of hydrogen-bond acceptors (Lipinski definition) is 6. The fourth-order valence-corrected chi connectivity index (χ4v) is 5.66. The molecule has 8 heteroatoms. The van der Waals surface area contributed by atoms with Crippen LogP contribution in [0, 0.1) is 6.92 Å². The van der Waals surface area contributed by atoms with E-state index in [1.165, 1.54) is 0 Å². The average Bonchev–Trinajstić information content (AvgIpc) is 3.39. The number of thiophene rings is 1. The summed E-state index contributed by atoms with van der Waals surface area (Å²) < 4.78 is 1.80. The standard InChI is InChI=1S/C26H26N6OS/c1-17-14-28-26(30-23(17)22-8-5-13-34-22)32-24(18-9-10-18)20(16-29-32)25(33)31-12-3-2-7-21(31)19-6-4-11-27-15-19/h4-6,8,11,13-16,18,21H,2-3,7,9-10,12H2,1H3/t21-/m1/s1. The van der Waals surface area contributed by atoms with E-state index >= 15 is 0 Å². The van der Waals surface area contributed by atoms with E-state index in [1.807, 2.05) is 41.7 Å². The second-order valence-electron chi connectivity index (χ2n) is 9.10. The number of aryl methyl sites for hydroxylation is 1. The summed E-state index contributed by atoms with van der Waals surface area (Å²) in [6.07, 6.45) is 12.4. The Kier molecular flexibility index (Phi) is 5.45. The molecule has 1 amide bonds. The zero-order chi connectivity index (χ0) is 23.1. The van der Waals surface area contributed by atoms with Gasteiger partial charge in [-0.05, 0) is 67.7 Å². The van der Waals surface area contributed by atoms with E-state index in [9.17, 15) is 4.79 Å². The van der Waals surface area contributed by atoms with Crippen LogP contribution in [0.1, 0.15) is 71.2 Å². The third kappa shape index (κ3) is 3.81. The van der Waals surface area contributed by atoms with Crippen molar-refractivity contribution in [2.75, 3.05) is 6.54 Å². The Morgan fingerprint density at radius 3 is 2.76 bits per heavy atom. The van der Waals surface area contributed by atoms with Crippen molar-refractivity contribution in [1.29, 1.82) is 0 Å². The first-order valence-corrected chi connectivity index (χ1v) is 12.8. The van der Waals surface area contributed by atoms with Crippen LogP contribution in [-0.2, 0) is 0 Å². The molecule has 2 fully saturated rings. The van der Waals surface area contributed by atoms with Gasteiger partial charge in [-0.1, -0.05) is 12.1 Å². The van der Waals surface area contributed by atoms with Crippen LogP contribution in [-0.4, -0.2) is 42.1 Å². The predicted molar refractivity (Wildman–Crippen MR) is 131 cm³/mol. The molecular formula is C26H26N6OS. The highest BCUT2D eigenvalue weighted by Crippen LogP contribution is 2.43. The number of carbonyl (C=O) groups excluding carboxylic acids is 1. The molecule has 34 heavy (non-hydrogen) atoms. The van der Waals surface area contributed by atoms with Crippen LogP contribution in [0.4, 0.5) is 0 Å². The Bertz CT molecular complexity index is 1310. The first kappa shape index (κ1) is 21.2. The third-order valence-electron chi connectivity index (χ3n) is 6.74. The highest BCUT2D eigenvalue weighted by Gasteiger charge is 2.37. The third-order valence-corrected chi connectivity index (χ3v) is 7.61. The molecule has 1 saturated carbocycles. The fourth-order valence-electron chi connectivity index (χ4n) is 4.88. The Morgan fingerprint density at radius 2 is 2.00 bits per heavy atom. The lowest BCUT2D eigenvalue weighted by Crippen LogP contribution is -2.38. The molecule has 1 aliphatic heterocycles. The van der Waals surface area contributed by atoms with Crippen molar-refractivity contribution in [1.82, 2.24) is 29.6 Å². The van der Waals surface area contributed by atoms with Crippen molar-refractivity contribution in [3.8, 4) is 16.5 Å². The molecular weight excluding hydrogens is 444 g/mol. The number of rotatable bonds is 5. The van der Waals surface area contributed by atoms with E-state index in [2.05, 4.69) is 27.2 Å². The van der Waals surface area contributed by atoms with E-state index < -0.39 is 0 Å². The van der Waals surface area contributed by atoms with Crippen molar-refractivity contribution in [3.05, 3.63) is 76.8 Å². The highest BCUT2D eigenvalue weighted by molar-refractivity contribution is 7.13. The molecule has 0 radical (unpaired) electrons. The maximum atomic E-state index is 13.9. The number of likely N-dealkylation sites (tertiary alicyclic amines) is 1. The molecule has 7 nitrogen and oxygen atoms in total. The summed E-state index contributed by atoms with van der Waals surface area (Å²) in [5, 5.41) is 6.70. The maximum absolute atomic E-state index is 13.9. The van der Waals surface area contributed by atoms with E-state index in [1.54, 1.807) is 28.4 Å². The van der Waals surface area contributed by atoms with Gasteiger partial charge in [-0.3, -0.25) is 9.78 Å². The summed E-state index contributed by atoms with van der Waals surface area (Å²) in [4.78, 5) is 30.8. The minimum atomic E-state index is 0.0476. The van der Waals surface area contributed by atoms with E-state index in [-0.39, 0.29) is 11.9 Å². The summed E-state index contributed by atoms with van der Waals surface area (Å²) in [5.74, 6) is 0.892. The molecule has 0 bridgehead atoms. The molecule has 0 spiro atoms. The van der Waals surface area contributed by atoms with Crippen molar-refractivity contribution < 1.29 is 4.79 Å². The summed E-state index contributed by atoms with van der Waals surface area (Å²) in [7, 11) is 0. The number of carbonyl (C=O) groups is 1. The molecule has 5 heterocycles. The topological polar surface area (TPSA) is 76.8 Å². The van der Waals surface area contributed by atoms with Crippen LogP contribution in [0.15, 0.2) is 54.4 Å². The van der Waals surface area contributed by atoms with Gasteiger partial charge in [0.2, 0.25) is 0 Å². The number of nitrogens with zero attached hydrogens (tertiary/aromatic N) is 6. The van der Waals surface area contributed by atoms with Gasteiger partial charge in [-0.25, -0.2) is 14.6 Å². The van der Waals surface area contributed by atoms with E-state index in [4.69, 9.17) is 4.98 Å². The molecule has 4 aromatic heterocycles. The van der Waals surface area contributed by atoms with Crippen LogP contribution < -0.4 is 0 Å². The summed E-state index contributed by atoms with van der Waals surface area (Å²) in [5.41, 5.74) is 4.66. The summed E-state index contributed by atoms with van der Waals surface area (Å²) in [6, 6.07) is 8.16. The average molecular weight is 471 g/mol. The normalized spacial score (nSPS) is 18.3. The van der Waals surface area contributed by atoms with Crippen molar-refractivity contribution in [2.24, 2.45) is 0 Å². The first-order chi connectivity index (χ1) is 16.7. The summed E-state index contributed by atoms with van der Waals surface area (Å²) in [6.45, 7) is 2.77. The minimum absolute atomic E-state index is 0.0476. The molecule has 0 unspecified atom stereocenters. The van der Waals surface area contributed by atoms with Gasteiger partial charge in [-0.2, -0.15) is 5.10 Å². The Balaban J connectivity index is 1.39. The molecule has 4 aromatic rings. The Labute approximate surface area is 202 Å². The smallest absolute Gasteiger partial charge is 0.257 e. The second-order valence-corrected chi connectivity index (χ2v) is 10.1. The molecule has 1 atom stereocenters.